The molecule has 1 N–H and O–H groups in total. The van der Waals surface area contributed by atoms with Gasteiger partial charge in [0.1, 0.15) is 5.75 Å². The van der Waals surface area contributed by atoms with Gasteiger partial charge in [-0.3, -0.25) is 4.79 Å². The fourth-order valence-electron chi connectivity index (χ4n) is 1.92. The summed E-state index contributed by atoms with van der Waals surface area (Å²) >= 11 is 5.68. The van der Waals surface area contributed by atoms with Crippen LogP contribution in [0.3, 0.4) is 0 Å². The number of rotatable bonds is 6. The summed E-state index contributed by atoms with van der Waals surface area (Å²) < 4.78 is 47.7. The fraction of sp³-hybridized carbons (Fsp3) is 0.235. The second-order valence-corrected chi connectivity index (χ2v) is 5.54. The van der Waals surface area contributed by atoms with Crippen molar-refractivity contribution in [3.63, 3.8) is 0 Å². The number of hydrogen-bond donors (Lipinski definition) is 1. The smallest absolute Gasteiger partial charge is 0.417 e. The van der Waals surface area contributed by atoms with Gasteiger partial charge < -0.3 is 14.8 Å². The summed E-state index contributed by atoms with van der Waals surface area (Å²) in [6, 6.07) is 6.73. The Morgan fingerprint density at radius 2 is 1.89 bits per heavy atom. The lowest BCUT2D eigenvalue weighted by atomic mass is 10.2. The van der Waals surface area contributed by atoms with Crippen LogP contribution in [0, 0.1) is 0 Å². The summed E-state index contributed by atoms with van der Waals surface area (Å²) in [7, 11) is 0. The second-order valence-electron chi connectivity index (χ2n) is 5.13. The lowest BCUT2D eigenvalue weighted by Crippen LogP contribution is -2.22. The van der Waals surface area contributed by atoms with E-state index in [2.05, 4.69) is 10.3 Å². The number of halogens is 4. The molecule has 0 unspecified atom stereocenters. The quantitative estimate of drug-likeness (QED) is 0.740. The molecule has 1 amide bonds. The molecule has 0 aliphatic heterocycles. The van der Waals surface area contributed by atoms with Crippen LogP contribution in [0.25, 0.3) is 0 Å². The molecule has 0 spiro atoms. The summed E-state index contributed by atoms with van der Waals surface area (Å²) in [4.78, 5) is 27.1. The average molecular weight is 403 g/mol. The van der Waals surface area contributed by atoms with Gasteiger partial charge >= 0.3 is 12.1 Å². The summed E-state index contributed by atoms with van der Waals surface area (Å²) in [5, 5.41) is 1.78. The zero-order valence-corrected chi connectivity index (χ0v) is 14.7. The molecule has 1 aromatic heterocycles. The van der Waals surface area contributed by atoms with Crippen molar-refractivity contribution < 1.29 is 32.2 Å². The van der Waals surface area contributed by atoms with Crippen molar-refractivity contribution in [1.82, 2.24) is 4.98 Å². The predicted molar refractivity (Wildman–Crippen MR) is 90.8 cm³/mol. The van der Waals surface area contributed by atoms with Crippen LogP contribution in [-0.4, -0.2) is 30.1 Å². The minimum absolute atomic E-state index is 0.206. The number of aromatic nitrogens is 1. The van der Waals surface area contributed by atoms with Crippen molar-refractivity contribution in [2.75, 3.05) is 18.5 Å². The Morgan fingerprint density at radius 3 is 2.44 bits per heavy atom. The van der Waals surface area contributed by atoms with E-state index in [-0.39, 0.29) is 11.4 Å². The molecule has 0 aliphatic rings. The molecule has 0 bridgehead atoms. The molecule has 2 aromatic rings. The molecule has 27 heavy (non-hydrogen) atoms. The van der Waals surface area contributed by atoms with Gasteiger partial charge in [0.15, 0.2) is 12.4 Å². The molecule has 10 heteroatoms. The summed E-state index contributed by atoms with van der Waals surface area (Å²) in [6.07, 6.45) is -4.07. The Morgan fingerprint density at radius 1 is 1.22 bits per heavy atom. The number of nitrogens with one attached hydrogen (secondary N) is 1. The third-order valence-corrected chi connectivity index (χ3v) is 3.45. The maximum atomic E-state index is 12.5. The molecule has 0 radical (unpaired) electrons. The van der Waals surface area contributed by atoms with Crippen LogP contribution >= 0.6 is 11.6 Å². The van der Waals surface area contributed by atoms with Gasteiger partial charge in [-0.15, -0.1) is 0 Å². The Kier molecular flexibility index (Phi) is 6.62. The molecule has 0 saturated heterocycles. The number of carbonyl (C=O) groups is 2. The minimum Gasteiger partial charge on any atom is -0.494 e. The monoisotopic (exact) mass is 402 g/mol. The van der Waals surface area contributed by atoms with Crippen molar-refractivity contribution in [1.29, 1.82) is 0 Å². The highest BCUT2D eigenvalue weighted by molar-refractivity contribution is 6.33. The number of ether oxygens (including phenoxy) is 2. The van der Waals surface area contributed by atoms with Crippen molar-refractivity contribution in [2.45, 2.75) is 13.1 Å². The van der Waals surface area contributed by atoms with Gasteiger partial charge in [0.25, 0.3) is 5.91 Å². The van der Waals surface area contributed by atoms with E-state index >= 15 is 0 Å². The van der Waals surface area contributed by atoms with E-state index in [1.54, 1.807) is 12.1 Å². The number of esters is 1. The van der Waals surface area contributed by atoms with Crippen LogP contribution < -0.4 is 10.1 Å². The lowest BCUT2D eigenvalue weighted by Gasteiger charge is -2.10. The molecule has 2 rings (SSSR count). The molecule has 0 saturated carbocycles. The Bertz CT molecular complexity index is 826. The maximum Gasteiger partial charge on any atom is 0.417 e. The SMILES string of the molecule is CCOc1ccc(C(=O)OCC(=O)Nc2ncc(C(F)(F)F)cc2Cl)cc1. The summed E-state index contributed by atoms with van der Waals surface area (Å²) in [5.41, 5.74) is -0.843. The van der Waals surface area contributed by atoms with Crippen molar-refractivity contribution in [2.24, 2.45) is 0 Å². The lowest BCUT2D eigenvalue weighted by molar-refractivity contribution is -0.137. The highest BCUT2D eigenvalue weighted by Crippen LogP contribution is 2.32. The van der Waals surface area contributed by atoms with Gasteiger partial charge in [0.2, 0.25) is 0 Å². The standard InChI is InChI=1S/C17H14ClF3N2O4/c1-2-26-12-5-3-10(4-6-12)16(25)27-9-14(24)23-15-13(18)7-11(8-22-15)17(19,20)21/h3-8H,2,9H2,1H3,(H,22,23,24). The molecule has 1 aromatic carbocycles. The predicted octanol–water partition coefficient (Wildman–Crippen LogP) is 3.95. The van der Waals surface area contributed by atoms with E-state index in [1.807, 2.05) is 6.92 Å². The summed E-state index contributed by atoms with van der Waals surface area (Å²) in [6.45, 7) is 1.63. The van der Waals surface area contributed by atoms with Gasteiger partial charge in [-0.05, 0) is 37.3 Å². The van der Waals surface area contributed by atoms with E-state index in [9.17, 15) is 22.8 Å². The molecular formula is C17H14ClF3N2O4. The van der Waals surface area contributed by atoms with Crippen molar-refractivity contribution in [3.8, 4) is 5.75 Å². The molecule has 0 aliphatic carbocycles. The first kappa shape index (κ1) is 20.5. The Labute approximate surface area is 157 Å². The van der Waals surface area contributed by atoms with Crippen LogP contribution in [0.4, 0.5) is 19.0 Å². The first-order valence-electron chi connectivity index (χ1n) is 7.63. The number of anilines is 1. The Hall–Kier alpha value is -2.81. The van der Waals surface area contributed by atoms with E-state index < -0.39 is 35.2 Å². The largest absolute Gasteiger partial charge is 0.494 e. The number of hydrogen-bond acceptors (Lipinski definition) is 5. The third kappa shape index (κ3) is 5.85. The second kappa shape index (κ2) is 8.72. The molecule has 0 atom stereocenters. The number of pyridine rings is 1. The molecule has 0 fully saturated rings. The van der Waals surface area contributed by atoms with Gasteiger partial charge in [-0.25, -0.2) is 9.78 Å². The summed E-state index contributed by atoms with van der Waals surface area (Å²) in [5.74, 6) is -1.25. The van der Waals surface area contributed by atoms with Crippen LogP contribution in [0.15, 0.2) is 36.5 Å². The zero-order valence-electron chi connectivity index (χ0n) is 14.0. The molecular weight excluding hydrogens is 389 g/mol. The molecule has 1 heterocycles. The first-order valence-corrected chi connectivity index (χ1v) is 8.01. The highest BCUT2D eigenvalue weighted by Gasteiger charge is 2.31. The van der Waals surface area contributed by atoms with E-state index in [4.69, 9.17) is 21.1 Å². The molecule has 144 valence electrons. The van der Waals surface area contributed by atoms with Crippen molar-refractivity contribution in [3.05, 3.63) is 52.7 Å². The highest BCUT2D eigenvalue weighted by atomic mass is 35.5. The molecule has 6 nitrogen and oxygen atoms in total. The topological polar surface area (TPSA) is 77.5 Å². The van der Waals surface area contributed by atoms with E-state index in [0.717, 1.165) is 0 Å². The normalized spacial score (nSPS) is 11.0. The zero-order chi connectivity index (χ0) is 20.0. The number of nitrogens with zero attached hydrogens (tertiary/aromatic N) is 1. The number of amides is 1. The number of carbonyl (C=O) groups excluding carboxylic acids is 2. The van der Waals surface area contributed by atoms with Crippen LogP contribution in [0.1, 0.15) is 22.8 Å². The van der Waals surface area contributed by atoms with Crippen molar-refractivity contribution >= 4 is 29.3 Å². The van der Waals surface area contributed by atoms with Crippen LogP contribution in [0.2, 0.25) is 5.02 Å². The number of alkyl halides is 3. The Balaban J connectivity index is 1.91. The van der Waals surface area contributed by atoms with Gasteiger partial charge in [-0.2, -0.15) is 13.2 Å². The third-order valence-electron chi connectivity index (χ3n) is 3.16. The van der Waals surface area contributed by atoms with Gasteiger partial charge in [0.05, 0.1) is 22.8 Å². The van der Waals surface area contributed by atoms with Gasteiger partial charge in [-0.1, -0.05) is 11.6 Å². The van der Waals surface area contributed by atoms with Gasteiger partial charge in [0, 0.05) is 6.20 Å². The number of benzene rings is 1. The minimum atomic E-state index is -4.60. The van der Waals surface area contributed by atoms with E-state index in [0.29, 0.717) is 24.6 Å². The fourth-order valence-corrected chi connectivity index (χ4v) is 2.13. The first-order chi connectivity index (χ1) is 12.7. The van der Waals surface area contributed by atoms with E-state index in [1.165, 1.54) is 12.1 Å². The van der Waals surface area contributed by atoms with Crippen LogP contribution in [-0.2, 0) is 15.7 Å². The maximum absolute atomic E-state index is 12.5. The van der Waals surface area contributed by atoms with Crippen LogP contribution in [0.5, 0.6) is 5.75 Å². The average Bonchev–Trinajstić information content (AvgIpc) is 2.61.